The zero-order valence-corrected chi connectivity index (χ0v) is 17.7. The molecule has 1 N–H and O–H groups in total. The normalized spacial score (nSPS) is 11.2. The molecule has 28 heavy (non-hydrogen) atoms. The van der Waals surface area contributed by atoms with E-state index in [1.54, 1.807) is 11.3 Å². The van der Waals surface area contributed by atoms with Gasteiger partial charge in [0, 0.05) is 22.0 Å². The number of anilines is 1. The Morgan fingerprint density at radius 3 is 2.50 bits per heavy atom. The van der Waals surface area contributed by atoms with Gasteiger partial charge in [-0.05, 0) is 34.6 Å². The minimum absolute atomic E-state index is 0.0498. The number of aromatic nitrogens is 1. The summed E-state index contributed by atoms with van der Waals surface area (Å²) in [4.78, 5) is 28.4. The van der Waals surface area contributed by atoms with Gasteiger partial charge in [-0.25, -0.2) is 4.98 Å². The van der Waals surface area contributed by atoms with E-state index in [1.807, 2.05) is 46.5 Å². The predicted molar refractivity (Wildman–Crippen MR) is 114 cm³/mol. The Kier molecular flexibility index (Phi) is 6.26. The number of esters is 1. The first-order valence-electron chi connectivity index (χ1n) is 8.84. The van der Waals surface area contributed by atoms with E-state index >= 15 is 0 Å². The van der Waals surface area contributed by atoms with Crippen LogP contribution in [0.4, 0.5) is 5.69 Å². The molecule has 0 aliphatic heterocycles. The van der Waals surface area contributed by atoms with Gasteiger partial charge in [-0.1, -0.05) is 32.9 Å². The van der Waals surface area contributed by atoms with Crippen molar-refractivity contribution in [1.29, 1.82) is 0 Å². The highest BCUT2D eigenvalue weighted by Crippen LogP contribution is 2.26. The molecule has 1 aromatic carbocycles. The second kappa shape index (κ2) is 8.67. The van der Waals surface area contributed by atoms with Crippen molar-refractivity contribution in [3.05, 3.63) is 57.7 Å². The van der Waals surface area contributed by atoms with Crippen molar-refractivity contribution in [1.82, 2.24) is 4.98 Å². The molecule has 7 heteroatoms. The Balaban J connectivity index is 1.46. The average Bonchev–Trinajstić information content (AvgIpc) is 3.31. The van der Waals surface area contributed by atoms with Gasteiger partial charge in [0.2, 0.25) is 0 Å². The molecule has 3 aromatic rings. The van der Waals surface area contributed by atoms with E-state index in [0.717, 1.165) is 10.6 Å². The topological polar surface area (TPSA) is 68.3 Å². The van der Waals surface area contributed by atoms with E-state index in [0.29, 0.717) is 11.4 Å². The number of nitrogens with zero attached hydrogens (tertiary/aromatic N) is 1. The summed E-state index contributed by atoms with van der Waals surface area (Å²) in [5, 5.41) is 9.45. The summed E-state index contributed by atoms with van der Waals surface area (Å²) < 4.78 is 5.07. The number of thiazole rings is 1. The molecule has 2 heterocycles. The number of carbonyl (C=O) groups is 2. The largest absolute Gasteiger partial charge is 0.455 e. The van der Waals surface area contributed by atoms with E-state index in [2.05, 4.69) is 31.1 Å². The van der Waals surface area contributed by atoms with E-state index in [-0.39, 0.29) is 24.3 Å². The van der Waals surface area contributed by atoms with Gasteiger partial charge in [-0.3, -0.25) is 9.59 Å². The minimum Gasteiger partial charge on any atom is -0.455 e. The van der Waals surface area contributed by atoms with Gasteiger partial charge in [-0.15, -0.1) is 11.3 Å². The van der Waals surface area contributed by atoms with Crippen LogP contribution in [0.2, 0.25) is 0 Å². The van der Waals surface area contributed by atoms with Crippen molar-refractivity contribution in [3.8, 4) is 10.6 Å². The number of amides is 1. The maximum atomic E-state index is 12.0. The van der Waals surface area contributed by atoms with Crippen LogP contribution >= 0.6 is 22.7 Å². The van der Waals surface area contributed by atoms with Crippen LogP contribution in [0.15, 0.2) is 46.5 Å². The number of hydrogen-bond acceptors (Lipinski definition) is 6. The quantitative estimate of drug-likeness (QED) is 0.583. The molecule has 0 bridgehead atoms. The zero-order chi connectivity index (χ0) is 20.1. The number of rotatable bonds is 6. The monoisotopic (exact) mass is 414 g/mol. The Morgan fingerprint density at radius 1 is 1.11 bits per heavy atom. The molecule has 0 unspecified atom stereocenters. The fraction of sp³-hybridized carbons (Fsp3) is 0.286. The summed E-state index contributed by atoms with van der Waals surface area (Å²) in [6.07, 6.45) is 0.0498. The second-order valence-electron chi connectivity index (χ2n) is 7.37. The smallest absolute Gasteiger partial charge is 0.312 e. The van der Waals surface area contributed by atoms with Crippen molar-refractivity contribution in [2.45, 2.75) is 32.6 Å². The third-order valence-electron chi connectivity index (χ3n) is 4.04. The molecule has 0 fully saturated rings. The molecule has 3 rings (SSSR count). The maximum absolute atomic E-state index is 12.0. The van der Waals surface area contributed by atoms with Crippen LogP contribution in [0.25, 0.3) is 10.6 Å². The van der Waals surface area contributed by atoms with Crippen LogP contribution < -0.4 is 5.32 Å². The molecule has 5 nitrogen and oxygen atoms in total. The van der Waals surface area contributed by atoms with Crippen molar-refractivity contribution in [3.63, 3.8) is 0 Å². The fourth-order valence-corrected chi connectivity index (χ4v) is 4.03. The number of hydrogen-bond donors (Lipinski definition) is 1. The highest BCUT2D eigenvalue weighted by Gasteiger charge is 2.14. The van der Waals surface area contributed by atoms with Crippen molar-refractivity contribution >= 4 is 40.2 Å². The summed E-state index contributed by atoms with van der Waals surface area (Å²) >= 11 is 3.09. The lowest BCUT2D eigenvalue weighted by molar-refractivity contribution is -0.146. The third kappa shape index (κ3) is 5.50. The molecule has 0 aliphatic carbocycles. The van der Waals surface area contributed by atoms with Gasteiger partial charge in [0.1, 0.15) is 5.01 Å². The fourth-order valence-electron chi connectivity index (χ4n) is 2.50. The highest BCUT2D eigenvalue weighted by atomic mass is 32.1. The molecule has 0 radical (unpaired) electrons. The number of benzene rings is 1. The first-order chi connectivity index (χ1) is 13.3. The first kappa shape index (κ1) is 20.2. The molecule has 0 saturated carbocycles. The number of thiophene rings is 1. The Hall–Kier alpha value is -2.51. The Labute approximate surface area is 172 Å². The summed E-state index contributed by atoms with van der Waals surface area (Å²) in [6.45, 7) is 6.07. The number of carbonyl (C=O) groups excluding carboxylic acids is 2. The summed E-state index contributed by atoms with van der Waals surface area (Å²) in [5.41, 5.74) is 3.61. The Morgan fingerprint density at radius 2 is 1.86 bits per heavy atom. The van der Waals surface area contributed by atoms with Crippen molar-refractivity contribution in [2.75, 3.05) is 11.9 Å². The molecule has 0 saturated heterocycles. The Bertz CT molecular complexity index is 939. The number of ether oxygens (including phenoxy) is 1. The first-order valence-corrected chi connectivity index (χ1v) is 10.7. The maximum Gasteiger partial charge on any atom is 0.312 e. The van der Waals surface area contributed by atoms with Crippen LogP contribution in [0.3, 0.4) is 0 Å². The molecule has 0 spiro atoms. The molecule has 146 valence electrons. The van der Waals surface area contributed by atoms with E-state index in [4.69, 9.17) is 4.74 Å². The van der Waals surface area contributed by atoms with Crippen LogP contribution in [-0.4, -0.2) is 23.5 Å². The standard InChI is InChI=1S/C21H22N2O3S2/c1-21(2,3)15-4-6-16(7-5-15)22-18(24)11-26-19(25)10-17-13-28-20(23-17)14-8-9-27-12-14/h4-9,12-13H,10-11H2,1-3H3,(H,22,24). The van der Waals surface area contributed by atoms with E-state index in [1.165, 1.54) is 16.9 Å². The minimum atomic E-state index is -0.472. The zero-order valence-electron chi connectivity index (χ0n) is 16.0. The molecule has 2 aromatic heterocycles. The summed E-state index contributed by atoms with van der Waals surface area (Å²) in [7, 11) is 0. The lowest BCUT2D eigenvalue weighted by Crippen LogP contribution is -2.21. The lowest BCUT2D eigenvalue weighted by atomic mass is 9.87. The van der Waals surface area contributed by atoms with Crippen LogP contribution in [-0.2, 0) is 26.2 Å². The number of nitrogens with one attached hydrogen (secondary N) is 1. The van der Waals surface area contributed by atoms with Gasteiger partial charge in [0.05, 0.1) is 12.1 Å². The summed E-state index contributed by atoms with van der Waals surface area (Å²) in [5.74, 6) is -0.838. The molecular formula is C21H22N2O3S2. The van der Waals surface area contributed by atoms with Gasteiger partial charge < -0.3 is 10.1 Å². The average molecular weight is 415 g/mol. The van der Waals surface area contributed by atoms with Crippen molar-refractivity contribution in [2.24, 2.45) is 0 Å². The van der Waals surface area contributed by atoms with Gasteiger partial charge in [0.25, 0.3) is 5.91 Å². The van der Waals surface area contributed by atoms with E-state index in [9.17, 15) is 9.59 Å². The van der Waals surface area contributed by atoms with Gasteiger partial charge in [0.15, 0.2) is 6.61 Å². The van der Waals surface area contributed by atoms with Crippen molar-refractivity contribution < 1.29 is 14.3 Å². The van der Waals surface area contributed by atoms with Gasteiger partial charge in [-0.2, -0.15) is 11.3 Å². The lowest BCUT2D eigenvalue weighted by Gasteiger charge is -2.19. The van der Waals surface area contributed by atoms with E-state index < -0.39 is 5.97 Å². The molecule has 0 aliphatic rings. The van der Waals surface area contributed by atoms with Gasteiger partial charge >= 0.3 is 5.97 Å². The second-order valence-corrected chi connectivity index (χ2v) is 9.01. The third-order valence-corrected chi connectivity index (χ3v) is 5.67. The molecular weight excluding hydrogens is 392 g/mol. The molecule has 1 amide bonds. The molecule has 0 atom stereocenters. The van der Waals surface area contributed by atoms with Crippen LogP contribution in [0.1, 0.15) is 32.0 Å². The SMILES string of the molecule is CC(C)(C)c1ccc(NC(=O)COC(=O)Cc2csc(-c3ccsc3)n2)cc1. The summed E-state index contributed by atoms with van der Waals surface area (Å²) in [6, 6.07) is 9.65. The van der Waals surface area contributed by atoms with Crippen LogP contribution in [0, 0.1) is 0 Å². The highest BCUT2D eigenvalue weighted by molar-refractivity contribution is 7.14. The predicted octanol–water partition coefficient (Wildman–Crippen LogP) is 4.89. The van der Waals surface area contributed by atoms with Crippen LogP contribution in [0.5, 0.6) is 0 Å².